The number of benzene rings is 1. The van der Waals surface area contributed by atoms with Crippen LogP contribution in [0, 0.1) is 5.92 Å². The van der Waals surface area contributed by atoms with Gasteiger partial charge in [0.15, 0.2) is 0 Å². The molecule has 100 valence electrons. The molecule has 0 heterocycles. The molecular formula is C14H20BrNO2. The molecule has 0 aliphatic carbocycles. The first kappa shape index (κ1) is 15.2. The second-order valence-electron chi connectivity index (χ2n) is 4.42. The predicted molar refractivity (Wildman–Crippen MR) is 76.3 cm³/mol. The van der Waals surface area contributed by atoms with Crippen molar-refractivity contribution in [3.8, 4) is 0 Å². The van der Waals surface area contributed by atoms with Crippen LogP contribution in [-0.4, -0.2) is 36.1 Å². The largest absolute Gasteiger partial charge is 0.396 e. The molecule has 0 saturated heterocycles. The van der Waals surface area contributed by atoms with E-state index in [9.17, 15) is 4.79 Å². The van der Waals surface area contributed by atoms with E-state index in [1.807, 2.05) is 31.2 Å². The highest BCUT2D eigenvalue weighted by atomic mass is 79.9. The van der Waals surface area contributed by atoms with Crippen LogP contribution < -0.4 is 0 Å². The molecule has 0 spiro atoms. The topological polar surface area (TPSA) is 40.5 Å². The van der Waals surface area contributed by atoms with Gasteiger partial charge in [-0.1, -0.05) is 35.0 Å². The SMILES string of the molecule is CCC(CO)C(=O)N(C)CCc1ccc(Br)cc1. The van der Waals surface area contributed by atoms with Gasteiger partial charge in [0.1, 0.15) is 0 Å². The third-order valence-electron chi connectivity index (χ3n) is 3.09. The lowest BCUT2D eigenvalue weighted by Gasteiger charge is -2.21. The molecule has 0 aliphatic rings. The van der Waals surface area contributed by atoms with Gasteiger partial charge in [0, 0.05) is 18.1 Å². The van der Waals surface area contributed by atoms with Gasteiger partial charge in [-0.05, 0) is 30.5 Å². The minimum atomic E-state index is -0.264. The van der Waals surface area contributed by atoms with E-state index in [2.05, 4.69) is 15.9 Å². The molecule has 3 nitrogen and oxygen atoms in total. The molecule has 0 fully saturated rings. The van der Waals surface area contributed by atoms with Crippen LogP contribution in [0.3, 0.4) is 0 Å². The van der Waals surface area contributed by atoms with Crippen molar-refractivity contribution in [3.05, 3.63) is 34.3 Å². The monoisotopic (exact) mass is 313 g/mol. The molecule has 0 radical (unpaired) electrons. The summed E-state index contributed by atoms with van der Waals surface area (Å²) in [6.45, 7) is 2.52. The molecule has 1 amide bonds. The van der Waals surface area contributed by atoms with Crippen molar-refractivity contribution < 1.29 is 9.90 Å². The van der Waals surface area contributed by atoms with E-state index in [0.717, 1.165) is 10.9 Å². The average molecular weight is 314 g/mol. The highest BCUT2D eigenvalue weighted by molar-refractivity contribution is 9.10. The first-order chi connectivity index (χ1) is 8.58. The Morgan fingerprint density at radius 2 is 2.00 bits per heavy atom. The summed E-state index contributed by atoms with van der Waals surface area (Å²) < 4.78 is 1.06. The number of carbonyl (C=O) groups is 1. The number of rotatable bonds is 6. The summed E-state index contributed by atoms with van der Waals surface area (Å²) in [4.78, 5) is 13.6. The van der Waals surface area contributed by atoms with Crippen molar-refractivity contribution in [2.75, 3.05) is 20.2 Å². The van der Waals surface area contributed by atoms with E-state index in [1.54, 1.807) is 11.9 Å². The maximum Gasteiger partial charge on any atom is 0.227 e. The molecule has 4 heteroatoms. The summed E-state index contributed by atoms with van der Waals surface area (Å²) in [5.74, 6) is -0.239. The van der Waals surface area contributed by atoms with Gasteiger partial charge in [-0.15, -0.1) is 0 Å². The molecule has 18 heavy (non-hydrogen) atoms. The van der Waals surface area contributed by atoms with E-state index in [1.165, 1.54) is 5.56 Å². The van der Waals surface area contributed by atoms with Gasteiger partial charge in [0.2, 0.25) is 5.91 Å². The maximum absolute atomic E-state index is 11.9. The number of aliphatic hydroxyl groups is 1. The van der Waals surface area contributed by atoms with Crippen molar-refractivity contribution in [3.63, 3.8) is 0 Å². The fourth-order valence-corrected chi connectivity index (χ4v) is 2.02. The van der Waals surface area contributed by atoms with E-state index in [-0.39, 0.29) is 18.4 Å². The molecule has 1 aromatic rings. The summed E-state index contributed by atoms with van der Waals surface area (Å²) in [5, 5.41) is 9.11. The minimum absolute atomic E-state index is 0.0251. The molecule has 0 aliphatic heterocycles. The molecule has 1 aromatic carbocycles. The highest BCUT2D eigenvalue weighted by Crippen LogP contribution is 2.12. The summed E-state index contributed by atoms with van der Waals surface area (Å²) in [5.41, 5.74) is 1.20. The number of hydrogen-bond donors (Lipinski definition) is 1. The maximum atomic E-state index is 11.9. The van der Waals surface area contributed by atoms with Gasteiger partial charge in [-0.2, -0.15) is 0 Å². The number of likely N-dealkylation sites (N-methyl/N-ethyl adjacent to an activating group) is 1. The Kier molecular flexibility index (Phi) is 6.36. The average Bonchev–Trinajstić information content (AvgIpc) is 2.39. The lowest BCUT2D eigenvalue weighted by molar-refractivity contribution is -0.135. The molecule has 0 bridgehead atoms. The fourth-order valence-electron chi connectivity index (χ4n) is 1.75. The van der Waals surface area contributed by atoms with Gasteiger partial charge >= 0.3 is 0 Å². The Hall–Kier alpha value is -0.870. The molecule has 1 unspecified atom stereocenters. The molecule has 1 N–H and O–H groups in total. The number of nitrogens with zero attached hydrogens (tertiary/aromatic N) is 1. The minimum Gasteiger partial charge on any atom is -0.396 e. The van der Waals surface area contributed by atoms with Crippen LogP contribution in [0.25, 0.3) is 0 Å². The van der Waals surface area contributed by atoms with Crippen LogP contribution in [0.5, 0.6) is 0 Å². The van der Waals surface area contributed by atoms with Gasteiger partial charge < -0.3 is 10.0 Å². The third kappa shape index (κ3) is 4.42. The molecule has 0 aromatic heterocycles. The first-order valence-electron chi connectivity index (χ1n) is 6.18. The van der Waals surface area contributed by atoms with E-state index < -0.39 is 0 Å². The van der Waals surface area contributed by atoms with Crippen molar-refractivity contribution in [2.24, 2.45) is 5.92 Å². The smallest absolute Gasteiger partial charge is 0.227 e. The Labute approximate surface area is 117 Å². The van der Waals surface area contributed by atoms with Crippen molar-refractivity contribution in [2.45, 2.75) is 19.8 Å². The number of aliphatic hydroxyl groups excluding tert-OH is 1. The summed E-state index contributed by atoms with van der Waals surface area (Å²) in [6.07, 6.45) is 1.51. The zero-order valence-corrected chi connectivity index (χ0v) is 12.5. The quantitative estimate of drug-likeness (QED) is 0.876. The second-order valence-corrected chi connectivity index (χ2v) is 5.34. The van der Waals surface area contributed by atoms with Crippen LogP contribution in [-0.2, 0) is 11.2 Å². The summed E-state index contributed by atoms with van der Waals surface area (Å²) in [7, 11) is 1.79. The highest BCUT2D eigenvalue weighted by Gasteiger charge is 2.18. The van der Waals surface area contributed by atoms with Gasteiger partial charge in [0.05, 0.1) is 12.5 Å². The number of amides is 1. The Morgan fingerprint density at radius 1 is 1.39 bits per heavy atom. The van der Waals surface area contributed by atoms with E-state index >= 15 is 0 Å². The first-order valence-corrected chi connectivity index (χ1v) is 6.98. The predicted octanol–water partition coefficient (Wildman–Crippen LogP) is 2.47. The molecule has 0 saturated carbocycles. The zero-order valence-electron chi connectivity index (χ0n) is 10.9. The molecule has 1 rings (SSSR count). The van der Waals surface area contributed by atoms with Crippen molar-refractivity contribution >= 4 is 21.8 Å². The van der Waals surface area contributed by atoms with E-state index in [0.29, 0.717) is 13.0 Å². The fraction of sp³-hybridized carbons (Fsp3) is 0.500. The molecule has 1 atom stereocenters. The Bertz CT molecular complexity index is 374. The second kappa shape index (κ2) is 7.54. The van der Waals surface area contributed by atoms with Crippen molar-refractivity contribution in [1.29, 1.82) is 0 Å². The van der Waals surface area contributed by atoms with Crippen molar-refractivity contribution in [1.82, 2.24) is 4.90 Å². The van der Waals surface area contributed by atoms with Gasteiger partial charge in [0.25, 0.3) is 0 Å². The van der Waals surface area contributed by atoms with Crippen LogP contribution in [0.2, 0.25) is 0 Å². The standard InChI is InChI=1S/C14H20BrNO2/c1-3-12(10-17)14(18)16(2)9-8-11-4-6-13(15)7-5-11/h4-7,12,17H,3,8-10H2,1-2H3. The summed E-state index contributed by atoms with van der Waals surface area (Å²) in [6, 6.07) is 8.09. The van der Waals surface area contributed by atoms with Crippen LogP contribution >= 0.6 is 15.9 Å². The number of carbonyl (C=O) groups excluding carboxylic acids is 1. The normalized spacial score (nSPS) is 12.2. The zero-order chi connectivity index (χ0) is 13.5. The van der Waals surface area contributed by atoms with Crippen LogP contribution in [0.4, 0.5) is 0 Å². The summed E-state index contributed by atoms with van der Waals surface area (Å²) >= 11 is 3.39. The van der Waals surface area contributed by atoms with E-state index in [4.69, 9.17) is 5.11 Å². The van der Waals surface area contributed by atoms with Crippen LogP contribution in [0.15, 0.2) is 28.7 Å². The lowest BCUT2D eigenvalue weighted by atomic mass is 10.1. The Balaban J connectivity index is 2.47. The Morgan fingerprint density at radius 3 is 2.50 bits per heavy atom. The van der Waals surface area contributed by atoms with Gasteiger partial charge in [-0.25, -0.2) is 0 Å². The van der Waals surface area contributed by atoms with Gasteiger partial charge in [-0.3, -0.25) is 4.79 Å². The molecular weight excluding hydrogens is 294 g/mol. The third-order valence-corrected chi connectivity index (χ3v) is 3.62. The van der Waals surface area contributed by atoms with Crippen LogP contribution in [0.1, 0.15) is 18.9 Å². The number of hydrogen-bond acceptors (Lipinski definition) is 2. The lowest BCUT2D eigenvalue weighted by Crippen LogP contribution is -2.35. The number of halogens is 1.